The highest BCUT2D eigenvalue weighted by Crippen LogP contribution is 2.23. The monoisotopic (exact) mass is 262 g/mol. The van der Waals surface area contributed by atoms with Crippen molar-refractivity contribution < 1.29 is 9.90 Å². The molecular weight excluding hydrogens is 240 g/mol. The fourth-order valence-corrected chi connectivity index (χ4v) is 2.46. The lowest BCUT2D eigenvalue weighted by molar-refractivity contribution is 0.0712. The molecule has 0 aromatic heterocycles. The third kappa shape index (κ3) is 4.24. The van der Waals surface area contributed by atoms with Gasteiger partial charge in [-0.05, 0) is 31.9 Å². The first-order valence-corrected chi connectivity index (χ1v) is 6.95. The molecule has 0 heterocycles. The van der Waals surface area contributed by atoms with Crippen molar-refractivity contribution in [2.75, 3.05) is 11.9 Å². The molecule has 0 radical (unpaired) electrons. The van der Waals surface area contributed by atoms with Gasteiger partial charge in [0.2, 0.25) is 0 Å². The Morgan fingerprint density at radius 1 is 1.26 bits per heavy atom. The van der Waals surface area contributed by atoms with Crippen LogP contribution in [0.15, 0.2) is 24.3 Å². The molecule has 2 unspecified atom stereocenters. The van der Waals surface area contributed by atoms with Crippen molar-refractivity contribution in [2.24, 2.45) is 5.92 Å². The van der Waals surface area contributed by atoms with Crippen molar-refractivity contribution in [3.8, 4) is 0 Å². The number of aliphatic hydroxyl groups is 1. The Morgan fingerprint density at radius 3 is 2.63 bits per heavy atom. The third-order valence-electron chi connectivity index (χ3n) is 3.70. The number of benzene rings is 1. The molecule has 1 aliphatic rings. The molecule has 1 aromatic carbocycles. The number of aryl methyl sites for hydroxylation is 1. The zero-order valence-electron chi connectivity index (χ0n) is 11.4. The van der Waals surface area contributed by atoms with Crippen molar-refractivity contribution in [1.82, 2.24) is 5.32 Å². The molecule has 2 amide bonds. The van der Waals surface area contributed by atoms with Crippen LogP contribution in [0.1, 0.15) is 31.2 Å². The average molecular weight is 262 g/mol. The lowest BCUT2D eigenvalue weighted by Crippen LogP contribution is -2.38. The van der Waals surface area contributed by atoms with Crippen LogP contribution in [-0.4, -0.2) is 23.8 Å². The summed E-state index contributed by atoms with van der Waals surface area (Å²) in [7, 11) is 0. The predicted molar refractivity (Wildman–Crippen MR) is 76.2 cm³/mol. The molecule has 1 aliphatic carbocycles. The second-order valence-corrected chi connectivity index (χ2v) is 5.31. The molecule has 0 aliphatic heterocycles. The summed E-state index contributed by atoms with van der Waals surface area (Å²) >= 11 is 0. The summed E-state index contributed by atoms with van der Waals surface area (Å²) in [5, 5.41) is 15.5. The topological polar surface area (TPSA) is 61.4 Å². The number of urea groups is 1. The molecule has 19 heavy (non-hydrogen) atoms. The van der Waals surface area contributed by atoms with E-state index in [9.17, 15) is 9.90 Å². The van der Waals surface area contributed by atoms with Crippen molar-refractivity contribution in [2.45, 2.75) is 38.7 Å². The Labute approximate surface area is 114 Å². The summed E-state index contributed by atoms with van der Waals surface area (Å²) in [6.45, 7) is 2.55. The van der Waals surface area contributed by atoms with Crippen LogP contribution in [0.5, 0.6) is 0 Å². The maximum absolute atomic E-state index is 11.7. The first-order chi connectivity index (χ1) is 9.15. The molecule has 0 spiro atoms. The zero-order valence-corrected chi connectivity index (χ0v) is 11.4. The van der Waals surface area contributed by atoms with E-state index in [0.717, 1.165) is 36.9 Å². The minimum absolute atomic E-state index is 0.192. The van der Waals surface area contributed by atoms with Crippen LogP contribution in [0.25, 0.3) is 0 Å². The first kappa shape index (κ1) is 13.9. The van der Waals surface area contributed by atoms with Gasteiger partial charge in [0.05, 0.1) is 6.10 Å². The van der Waals surface area contributed by atoms with Gasteiger partial charge in [0.1, 0.15) is 0 Å². The minimum atomic E-state index is -0.270. The van der Waals surface area contributed by atoms with E-state index < -0.39 is 0 Å². The molecule has 1 fully saturated rings. The Hall–Kier alpha value is -1.55. The highest BCUT2D eigenvalue weighted by atomic mass is 16.3. The van der Waals surface area contributed by atoms with Crippen LogP contribution in [0, 0.1) is 12.8 Å². The maximum atomic E-state index is 11.7. The summed E-state index contributed by atoms with van der Waals surface area (Å²) in [6, 6.07) is 7.47. The fourth-order valence-electron chi connectivity index (χ4n) is 2.46. The summed E-state index contributed by atoms with van der Waals surface area (Å²) in [5.74, 6) is 0.192. The lowest BCUT2D eigenvalue weighted by Gasteiger charge is -2.27. The van der Waals surface area contributed by atoms with Gasteiger partial charge in [0.15, 0.2) is 0 Å². The smallest absolute Gasteiger partial charge is 0.319 e. The van der Waals surface area contributed by atoms with Gasteiger partial charge in [-0.15, -0.1) is 0 Å². The van der Waals surface area contributed by atoms with Crippen molar-refractivity contribution >= 4 is 11.7 Å². The van der Waals surface area contributed by atoms with Gasteiger partial charge >= 0.3 is 6.03 Å². The molecule has 1 aromatic rings. The van der Waals surface area contributed by atoms with Crippen LogP contribution in [-0.2, 0) is 0 Å². The number of hydrogen-bond donors (Lipinski definition) is 3. The van der Waals surface area contributed by atoms with Gasteiger partial charge in [-0.1, -0.05) is 30.5 Å². The van der Waals surface area contributed by atoms with E-state index in [1.165, 1.54) is 0 Å². The number of amides is 2. The van der Waals surface area contributed by atoms with Crippen LogP contribution in [0.3, 0.4) is 0 Å². The maximum Gasteiger partial charge on any atom is 0.319 e. The predicted octanol–water partition coefficient (Wildman–Crippen LogP) is 2.67. The number of anilines is 1. The van der Waals surface area contributed by atoms with Gasteiger partial charge in [0, 0.05) is 18.2 Å². The molecule has 4 heteroatoms. The SMILES string of the molecule is Cc1ccc(NC(=O)NCC2CCCCC2O)cc1. The van der Waals surface area contributed by atoms with Gasteiger partial charge in [-0.25, -0.2) is 4.79 Å². The number of nitrogens with one attached hydrogen (secondary N) is 2. The molecule has 2 rings (SSSR count). The van der Waals surface area contributed by atoms with Gasteiger partial charge in [-0.3, -0.25) is 0 Å². The second kappa shape index (κ2) is 6.57. The molecular formula is C15H22N2O2. The number of hydrogen-bond acceptors (Lipinski definition) is 2. The molecule has 1 saturated carbocycles. The molecule has 0 bridgehead atoms. The molecule has 3 N–H and O–H groups in total. The number of carbonyl (C=O) groups excluding carboxylic acids is 1. The molecule has 0 saturated heterocycles. The second-order valence-electron chi connectivity index (χ2n) is 5.31. The van der Waals surface area contributed by atoms with E-state index >= 15 is 0 Å². The van der Waals surface area contributed by atoms with Crippen LogP contribution < -0.4 is 10.6 Å². The first-order valence-electron chi connectivity index (χ1n) is 6.95. The fraction of sp³-hybridized carbons (Fsp3) is 0.533. The van der Waals surface area contributed by atoms with Crippen molar-refractivity contribution in [3.63, 3.8) is 0 Å². The van der Waals surface area contributed by atoms with Crippen LogP contribution >= 0.6 is 0 Å². The quantitative estimate of drug-likeness (QED) is 0.784. The van der Waals surface area contributed by atoms with Crippen molar-refractivity contribution in [3.05, 3.63) is 29.8 Å². The molecule has 4 nitrogen and oxygen atoms in total. The number of rotatable bonds is 3. The largest absolute Gasteiger partial charge is 0.393 e. The number of aliphatic hydroxyl groups excluding tert-OH is 1. The Bertz CT molecular complexity index is 417. The van der Waals surface area contributed by atoms with E-state index in [4.69, 9.17) is 0 Å². The van der Waals surface area contributed by atoms with Gasteiger partial charge in [0.25, 0.3) is 0 Å². The van der Waals surface area contributed by atoms with Crippen molar-refractivity contribution in [1.29, 1.82) is 0 Å². The van der Waals surface area contributed by atoms with Gasteiger partial charge < -0.3 is 15.7 Å². The summed E-state index contributed by atoms with van der Waals surface area (Å²) in [4.78, 5) is 11.7. The van der Waals surface area contributed by atoms with Gasteiger partial charge in [-0.2, -0.15) is 0 Å². The zero-order chi connectivity index (χ0) is 13.7. The number of carbonyl (C=O) groups is 1. The highest BCUT2D eigenvalue weighted by molar-refractivity contribution is 5.89. The Balaban J connectivity index is 1.76. The van der Waals surface area contributed by atoms with E-state index in [2.05, 4.69) is 10.6 Å². The summed E-state index contributed by atoms with van der Waals surface area (Å²) in [5.41, 5.74) is 1.95. The highest BCUT2D eigenvalue weighted by Gasteiger charge is 2.23. The van der Waals surface area contributed by atoms with Crippen LogP contribution in [0.4, 0.5) is 10.5 Å². The molecule has 104 valence electrons. The average Bonchev–Trinajstić information content (AvgIpc) is 2.40. The lowest BCUT2D eigenvalue weighted by atomic mass is 9.86. The normalized spacial score (nSPS) is 22.8. The third-order valence-corrected chi connectivity index (χ3v) is 3.70. The minimum Gasteiger partial charge on any atom is -0.393 e. The van der Waals surface area contributed by atoms with Crippen LogP contribution in [0.2, 0.25) is 0 Å². The van der Waals surface area contributed by atoms with E-state index in [1.807, 2.05) is 31.2 Å². The summed E-state index contributed by atoms with van der Waals surface area (Å²) < 4.78 is 0. The van der Waals surface area contributed by atoms with E-state index in [-0.39, 0.29) is 18.1 Å². The Morgan fingerprint density at radius 2 is 1.95 bits per heavy atom. The molecule has 2 atom stereocenters. The van der Waals surface area contributed by atoms with E-state index in [0.29, 0.717) is 6.54 Å². The summed E-state index contributed by atoms with van der Waals surface area (Å²) in [6.07, 6.45) is 3.81. The van der Waals surface area contributed by atoms with E-state index in [1.54, 1.807) is 0 Å². The standard InChI is InChI=1S/C15H22N2O2/c1-11-6-8-13(9-7-11)17-15(19)16-10-12-4-2-3-5-14(12)18/h6-9,12,14,18H,2-5,10H2,1H3,(H2,16,17,19). The Kier molecular flexibility index (Phi) is 4.80.